The maximum atomic E-state index is 12.7. The largest absolute Gasteiger partial charge is 0.341 e. The van der Waals surface area contributed by atoms with Gasteiger partial charge in [-0.1, -0.05) is 0 Å². The Morgan fingerprint density at radius 3 is 2.47 bits per heavy atom. The van der Waals surface area contributed by atoms with Crippen LogP contribution in [0, 0.1) is 0 Å². The van der Waals surface area contributed by atoms with E-state index in [0.717, 1.165) is 26.1 Å². The van der Waals surface area contributed by atoms with Crippen LogP contribution in [0.5, 0.6) is 0 Å². The lowest BCUT2D eigenvalue weighted by Gasteiger charge is -2.40. The summed E-state index contributed by atoms with van der Waals surface area (Å²) in [5.74, 6) is 0.390. The second kappa shape index (κ2) is 5.80. The third kappa shape index (κ3) is 2.65. The number of hydrogen-bond donors (Lipinski definition) is 1. The van der Waals surface area contributed by atoms with E-state index in [9.17, 15) is 4.79 Å². The Bertz CT molecular complexity index is 323. The monoisotopic (exact) mass is 265 g/mol. The summed E-state index contributed by atoms with van der Waals surface area (Å²) in [5, 5.41) is 3.42. The van der Waals surface area contributed by atoms with Gasteiger partial charge >= 0.3 is 0 Å². The summed E-state index contributed by atoms with van der Waals surface area (Å²) in [5.41, 5.74) is 0. The van der Waals surface area contributed by atoms with Crippen molar-refractivity contribution in [2.45, 2.75) is 63.1 Å². The molecule has 4 nitrogen and oxygen atoms in total. The molecule has 3 aliphatic rings. The van der Waals surface area contributed by atoms with Crippen LogP contribution in [0.15, 0.2) is 0 Å². The zero-order valence-electron chi connectivity index (χ0n) is 12.1. The summed E-state index contributed by atoms with van der Waals surface area (Å²) in [6.45, 7) is 3.35. The van der Waals surface area contributed by atoms with Gasteiger partial charge in [0.05, 0.1) is 6.04 Å². The van der Waals surface area contributed by atoms with E-state index in [4.69, 9.17) is 0 Å². The molecule has 108 valence electrons. The van der Waals surface area contributed by atoms with E-state index < -0.39 is 0 Å². The highest BCUT2D eigenvalue weighted by Crippen LogP contribution is 2.29. The Morgan fingerprint density at radius 1 is 1.11 bits per heavy atom. The lowest BCUT2D eigenvalue weighted by Crippen LogP contribution is -2.53. The lowest BCUT2D eigenvalue weighted by atomic mass is 9.91. The van der Waals surface area contributed by atoms with Gasteiger partial charge in [0.2, 0.25) is 5.91 Å². The van der Waals surface area contributed by atoms with Gasteiger partial charge in [0.25, 0.3) is 0 Å². The van der Waals surface area contributed by atoms with Gasteiger partial charge in [0.1, 0.15) is 0 Å². The molecule has 1 aliphatic carbocycles. The average Bonchev–Trinajstić information content (AvgIpc) is 2.86. The standard InChI is InChI=1S/C15H27N3O/c1-17(12-4-2-5-12)15(19)14-6-3-11-18(14)13-7-9-16-10-8-13/h12-14,16H,2-11H2,1H3. The van der Waals surface area contributed by atoms with Crippen molar-refractivity contribution in [3.8, 4) is 0 Å². The number of rotatable bonds is 3. The first kappa shape index (κ1) is 13.4. The van der Waals surface area contributed by atoms with E-state index in [0.29, 0.717) is 18.0 Å². The van der Waals surface area contributed by atoms with Gasteiger partial charge in [-0.2, -0.15) is 0 Å². The molecule has 0 spiro atoms. The summed E-state index contributed by atoms with van der Waals surface area (Å²) < 4.78 is 0. The SMILES string of the molecule is CN(C(=O)C1CCCN1C1CCNCC1)C1CCC1. The van der Waals surface area contributed by atoms with Gasteiger partial charge < -0.3 is 10.2 Å². The number of piperidine rings is 1. The van der Waals surface area contributed by atoms with Gasteiger partial charge in [0.15, 0.2) is 0 Å². The zero-order valence-corrected chi connectivity index (χ0v) is 12.1. The van der Waals surface area contributed by atoms with Gasteiger partial charge in [-0.25, -0.2) is 0 Å². The number of likely N-dealkylation sites (tertiary alicyclic amines) is 1. The fraction of sp³-hybridized carbons (Fsp3) is 0.933. The van der Waals surface area contributed by atoms with Crippen LogP contribution in [0.4, 0.5) is 0 Å². The minimum atomic E-state index is 0.175. The van der Waals surface area contributed by atoms with Gasteiger partial charge in [-0.3, -0.25) is 9.69 Å². The quantitative estimate of drug-likeness (QED) is 0.833. The smallest absolute Gasteiger partial charge is 0.239 e. The third-order valence-corrected chi connectivity index (χ3v) is 5.33. The van der Waals surface area contributed by atoms with E-state index in [-0.39, 0.29) is 6.04 Å². The minimum absolute atomic E-state index is 0.175. The first-order valence-electron chi connectivity index (χ1n) is 8.00. The number of hydrogen-bond acceptors (Lipinski definition) is 3. The molecule has 19 heavy (non-hydrogen) atoms. The molecular weight excluding hydrogens is 238 g/mol. The van der Waals surface area contributed by atoms with E-state index in [2.05, 4.69) is 10.2 Å². The number of amides is 1. The van der Waals surface area contributed by atoms with Crippen molar-refractivity contribution in [2.24, 2.45) is 0 Å². The number of carbonyl (C=O) groups excluding carboxylic acids is 1. The second-order valence-electron chi connectivity index (χ2n) is 6.41. The summed E-state index contributed by atoms with van der Waals surface area (Å²) >= 11 is 0. The summed E-state index contributed by atoms with van der Waals surface area (Å²) in [6.07, 6.45) is 8.39. The van der Waals surface area contributed by atoms with Crippen LogP contribution in [0.25, 0.3) is 0 Å². The third-order valence-electron chi connectivity index (χ3n) is 5.33. The molecular formula is C15H27N3O. The molecule has 1 saturated carbocycles. The highest BCUT2D eigenvalue weighted by atomic mass is 16.2. The second-order valence-corrected chi connectivity index (χ2v) is 6.41. The number of carbonyl (C=O) groups is 1. The van der Waals surface area contributed by atoms with Crippen molar-refractivity contribution in [3.63, 3.8) is 0 Å². The van der Waals surface area contributed by atoms with Crippen LogP contribution in [0.3, 0.4) is 0 Å². The Morgan fingerprint density at radius 2 is 1.84 bits per heavy atom. The molecule has 1 amide bonds. The molecule has 4 heteroatoms. The van der Waals surface area contributed by atoms with Crippen LogP contribution in [-0.4, -0.2) is 60.5 Å². The Labute approximate surface area is 116 Å². The molecule has 3 fully saturated rings. The minimum Gasteiger partial charge on any atom is -0.341 e. The zero-order chi connectivity index (χ0) is 13.2. The van der Waals surface area contributed by atoms with Gasteiger partial charge in [0, 0.05) is 19.1 Å². The Hall–Kier alpha value is -0.610. The maximum absolute atomic E-state index is 12.7. The van der Waals surface area contributed by atoms with E-state index in [1.165, 1.54) is 38.5 Å². The summed E-state index contributed by atoms with van der Waals surface area (Å²) in [7, 11) is 2.02. The summed E-state index contributed by atoms with van der Waals surface area (Å²) in [4.78, 5) is 17.3. The van der Waals surface area contributed by atoms with Crippen LogP contribution in [0.2, 0.25) is 0 Å². The van der Waals surface area contributed by atoms with Crippen molar-refractivity contribution in [1.29, 1.82) is 0 Å². The first-order chi connectivity index (χ1) is 9.27. The van der Waals surface area contributed by atoms with E-state index in [1.54, 1.807) is 0 Å². The number of likely N-dealkylation sites (N-methyl/N-ethyl adjacent to an activating group) is 1. The highest BCUT2D eigenvalue weighted by Gasteiger charge is 2.39. The van der Waals surface area contributed by atoms with Crippen molar-refractivity contribution in [2.75, 3.05) is 26.7 Å². The van der Waals surface area contributed by atoms with Crippen LogP contribution < -0.4 is 5.32 Å². The topological polar surface area (TPSA) is 35.6 Å². The molecule has 2 aliphatic heterocycles. The van der Waals surface area contributed by atoms with Crippen molar-refractivity contribution in [1.82, 2.24) is 15.1 Å². The fourth-order valence-electron chi connectivity index (χ4n) is 3.82. The van der Waals surface area contributed by atoms with Crippen LogP contribution >= 0.6 is 0 Å². The molecule has 1 unspecified atom stereocenters. The number of nitrogens with one attached hydrogen (secondary N) is 1. The molecule has 2 heterocycles. The Balaban J connectivity index is 1.62. The van der Waals surface area contributed by atoms with E-state index >= 15 is 0 Å². The normalized spacial score (nSPS) is 30.3. The fourth-order valence-corrected chi connectivity index (χ4v) is 3.82. The predicted octanol–water partition coefficient (Wildman–Crippen LogP) is 1.21. The molecule has 0 aromatic carbocycles. The molecule has 3 rings (SSSR count). The average molecular weight is 265 g/mol. The van der Waals surface area contributed by atoms with Crippen LogP contribution in [-0.2, 0) is 4.79 Å². The molecule has 0 aromatic rings. The van der Waals surface area contributed by atoms with Gasteiger partial charge in [-0.15, -0.1) is 0 Å². The molecule has 1 atom stereocenters. The summed E-state index contributed by atoms with van der Waals surface area (Å²) in [6, 6.07) is 1.34. The molecule has 0 aromatic heterocycles. The molecule has 0 radical (unpaired) electrons. The maximum Gasteiger partial charge on any atom is 0.239 e. The predicted molar refractivity (Wildman–Crippen MR) is 76.0 cm³/mol. The Kier molecular flexibility index (Phi) is 4.08. The number of nitrogens with zero attached hydrogens (tertiary/aromatic N) is 2. The molecule has 0 bridgehead atoms. The highest BCUT2D eigenvalue weighted by molar-refractivity contribution is 5.82. The van der Waals surface area contributed by atoms with Crippen molar-refractivity contribution >= 4 is 5.91 Å². The lowest BCUT2D eigenvalue weighted by molar-refractivity contribution is -0.139. The molecule has 2 saturated heterocycles. The van der Waals surface area contributed by atoms with Crippen molar-refractivity contribution < 1.29 is 4.79 Å². The van der Waals surface area contributed by atoms with Crippen molar-refractivity contribution in [3.05, 3.63) is 0 Å². The van der Waals surface area contributed by atoms with Crippen LogP contribution in [0.1, 0.15) is 44.9 Å². The first-order valence-corrected chi connectivity index (χ1v) is 8.00. The van der Waals surface area contributed by atoms with Gasteiger partial charge in [-0.05, 0) is 64.6 Å². The molecule has 1 N–H and O–H groups in total. The van der Waals surface area contributed by atoms with E-state index in [1.807, 2.05) is 11.9 Å².